The van der Waals surface area contributed by atoms with Crippen molar-refractivity contribution < 1.29 is 14.4 Å². The molecule has 0 bridgehead atoms. The van der Waals surface area contributed by atoms with Crippen LogP contribution in [0, 0.1) is 13.8 Å². The number of carbonyl (C=O) groups excluding carboxylic acids is 2. The lowest BCUT2D eigenvalue weighted by molar-refractivity contribution is -0.137. The number of hydroxylamine groups is 1. The second-order valence-electron chi connectivity index (χ2n) is 4.05. The van der Waals surface area contributed by atoms with E-state index in [9.17, 15) is 9.59 Å². The van der Waals surface area contributed by atoms with Crippen LogP contribution in [0.25, 0.3) is 0 Å². The Bertz CT molecular complexity index is 453. The number of nitrogens with one attached hydrogen (secondary N) is 1. The minimum atomic E-state index is -0.630. The molecule has 7 nitrogen and oxygen atoms in total. The van der Waals surface area contributed by atoms with Gasteiger partial charge in [0.1, 0.15) is 0 Å². The number of carbonyl (C=O) groups is 2. The van der Waals surface area contributed by atoms with Gasteiger partial charge in [0.05, 0.1) is 5.69 Å². The maximum absolute atomic E-state index is 11.4. The molecule has 1 heterocycles. The molecule has 0 unspecified atom stereocenters. The first-order valence-corrected chi connectivity index (χ1v) is 5.59. The van der Waals surface area contributed by atoms with Crippen molar-refractivity contribution in [2.75, 3.05) is 6.61 Å². The Morgan fingerprint density at radius 2 is 2.11 bits per heavy atom. The average molecular weight is 254 g/mol. The Morgan fingerprint density at radius 1 is 1.44 bits per heavy atom. The molecule has 100 valence electrons. The van der Waals surface area contributed by atoms with Crippen molar-refractivity contribution in [3.8, 4) is 0 Å². The van der Waals surface area contributed by atoms with Crippen LogP contribution in [0.4, 0.5) is 0 Å². The molecular formula is C11H18N4O3. The molecular weight excluding hydrogens is 236 g/mol. The van der Waals surface area contributed by atoms with Crippen LogP contribution in [-0.2, 0) is 27.9 Å². The number of nitrogens with zero attached hydrogens (tertiary/aromatic N) is 2. The molecule has 0 saturated heterocycles. The number of aromatic nitrogens is 2. The summed E-state index contributed by atoms with van der Waals surface area (Å²) in [6, 6.07) is 0. The topological polar surface area (TPSA) is 99.2 Å². The van der Waals surface area contributed by atoms with E-state index in [0.717, 1.165) is 17.0 Å². The lowest BCUT2D eigenvalue weighted by Gasteiger charge is -2.04. The van der Waals surface area contributed by atoms with E-state index in [2.05, 4.69) is 15.4 Å². The van der Waals surface area contributed by atoms with Gasteiger partial charge in [0.15, 0.2) is 6.61 Å². The van der Waals surface area contributed by atoms with E-state index in [4.69, 9.17) is 5.73 Å². The predicted molar refractivity (Wildman–Crippen MR) is 64.3 cm³/mol. The van der Waals surface area contributed by atoms with Crippen molar-refractivity contribution in [2.45, 2.75) is 26.7 Å². The molecule has 18 heavy (non-hydrogen) atoms. The molecule has 0 fully saturated rings. The number of rotatable bonds is 6. The number of primary amides is 1. The summed E-state index contributed by atoms with van der Waals surface area (Å²) < 4.78 is 1.78. The third-order valence-corrected chi connectivity index (χ3v) is 2.66. The highest BCUT2D eigenvalue weighted by molar-refractivity contribution is 5.77. The van der Waals surface area contributed by atoms with Gasteiger partial charge in [-0.1, -0.05) is 0 Å². The fourth-order valence-corrected chi connectivity index (χ4v) is 1.66. The molecule has 0 spiro atoms. The molecule has 1 aromatic heterocycles. The Morgan fingerprint density at radius 3 is 2.61 bits per heavy atom. The Balaban J connectivity index is 2.40. The van der Waals surface area contributed by atoms with Gasteiger partial charge in [0.25, 0.3) is 0 Å². The third kappa shape index (κ3) is 3.85. The standard InChI is InChI=1S/C11H18N4O3/c1-7-9(8(2)15(3)13-7)4-5-11(17)14-18-6-10(12)16/h4-6H2,1-3H3,(H2,12,16)(H,14,17). The van der Waals surface area contributed by atoms with Crippen LogP contribution in [0.2, 0.25) is 0 Å². The second kappa shape index (κ2) is 6.15. The van der Waals surface area contributed by atoms with E-state index in [1.807, 2.05) is 20.9 Å². The van der Waals surface area contributed by atoms with Gasteiger partial charge in [-0.15, -0.1) is 0 Å². The van der Waals surface area contributed by atoms with Gasteiger partial charge in [-0.05, 0) is 25.8 Å². The van der Waals surface area contributed by atoms with Gasteiger partial charge in [0, 0.05) is 19.2 Å². The predicted octanol–water partition coefficient (Wildman–Crippen LogP) is -0.497. The Hall–Kier alpha value is -1.89. The SMILES string of the molecule is Cc1nn(C)c(C)c1CCC(=O)NOCC(N)=O. The molecule has 0 saturated carbocycles. The zero-order valence-electron chi connectivity index (χ0n) is 10.8. The quantitative estimate of drug-likeness (QED) is 0.669. The molecule has 0 aliphatic heterocycles. The largest absolute Gasteiger partial charge is 0.368 e. The van der Waals surface area contributed by atoms with Gasteiger partial charge in [-0.25, -0.2) is 5.48 Å². The van der Waals surface area contributed by atoms with Gasteiger partial charge >= 0.3 is 0 Å². The van der Waals surface area contributed by atoms with Crippen LogP contribution >= 0.6 is 0 Å². The van der Waals surface area contributed by atoms with Crippen LogP contribution in [0.15, 0.2) is 0 Å². The molecule has 0 aliphatic carbocycles. The highest BCUT2D eigenvalue weighted by Crippen LogP contribution is 2.13. The minimum absolute atomic E-state index is 0.270. The zero-order valence-corrected chi connectivity index (χ0v) is 10.8. The third-order valence-electron chi connectivity index (χ3n) is 2.66. The number of nitrogens with two attached hydrogens (primary N) is 1. The highest BCUT2D eigenvalue weighted by Gasteiger charge is 2.11. The van der Waals surface area contributed by atoms with E-state index in [0.29, 0.717) is 6.42 Å². The number of amides is 2. The van der Waals surface area contributed by atoms with Gasteiger partial charge in [0.2, 0.25) is 11.8 Å². The molecule has 3 N–H and O–H groups in total. The second-order valence-corrected chi connectivity index (χ2v) is 4.05. The zero-order chi connectivity index (χ0) is 13.7. The first-order valence-electron chi connectivity index (χ1n) is 5.59. The molecule has 1 rings (SSSR count). The molecule has 7 heteroatoms. The fraction of sp³-hybridized carbons (Fsp3) is 0.545. The summed E-state index contributed by atoms with van der Waals surface area (Å²) in [6.07, 6.45) is 0.851. The van der Waals surface area contributed by atoms with Crippen molar-refractivity contribution in [2.24, 2.45) is 12.8 Å². The summed E-state index contributed by atoms with van der Waals surface area (Å²) in [4.78, 5) is 26.4. The summed E-state index contributed by atoms with van der Waals surface area (Å²) in [5.74, 6) is -0.923. The monoisotopic (exact) mass is 254 g/mol. The van der Waals surface area contributed by atoms with Crippen LogP contribution < -0.4 is 11.2 Å². The summed E-state index contributed by atoms with van der Waals surface area (Å²) in [6.45, 7) is 3.54. The van der Waals surface area contributed by atoms with Crippen molar-refractivity contribution in [3.05, 3.63) is 17.0 Å². The van der Waals surface area contributed by atoms with Crippen molar-refractivity contribution in [3.63, 3.8) is 0 Å². The maximum Gasteiger partial charge on any atom is 0.246 e. The van der Waals surface area contributed by atoms with E-state index < -0.39 is 5.91 Å². The molecule has 1 aromatic rings. The van der Waals surface area contributed by atoms with Crippen LogP contribution in [0.1, 0.15) is 23.4 Å². The van der Waals surface area contributed by atoms with Crippen molar-refractivity contribution >= 4 is 11.8 Å². The summed E-state index contributed by atoms with van der Waals surface area (Å²) in [5.41, 5.74) is 10.0. The molecule has 2 amide bonds. The first-order chi connectivity index (χ1) is 8.41. The molecule has 0 atom stereocenters. The lowest BCUT2D eigenvalue weighted by Crippen LogP contribution is -2.29. The number of hydrogen-bond acceptors (Lipinski definition) is 4. The molecule has 0 aliphatic rings. The summed E-state index contributed by atoms with van der Waals surface area (Å²) in [5, 5.41) is 4.27. The van der Waals surface area contributed by atoms with Crippen molar-refractivity contribution in [1.82, 2.24) is 15.3 Å². The van der Waals surface area contributed by atoms with Gasteiger partial charge in [-0.3, -0.25) is 19.1 Å². The summed E-state index contributed by atoms with van der Waals surface area (Å²) in [7, 11) is 1.86. The first kappa shape index (κ1) is 14.2. The Labute approximate surface area is 105 Å². The minimum Gasteiger partial charge on any atom is -0.368 e. The fourth-order valence-electron chi connectivity index (χ4n) is 1.66. The highest BCUT2D eigenvalue weighted by atomic mass is 16.7. The van der Waals surface area contributed by atoms with Gasteiger partial charge < -0.3 is 5.73 Å². The molecule has 0 radical (unpaired) electrons. The van der Waals surface area contributed by atoms with Crippen LogP contribution in [-0.4, -0.2) is 28.2 Å². The van der Waals surface area contributed by atoms with E-state index in [-0.39, 0.29) is 18.9 Å². The van der Waals surface area contributed by atoms with Crippen molar-refractivity contribution in [1.29, 1.82) is 0 Å². The van der Waals surface area contributed by atoms with Crippen LogP contribution in [0.5, 0.6) is 0 Å². The van der Waals surface area contributed by atoms with E-state index >= 15 is 0 Å². The summed E-state index contributed by atoms with van der Waals surface area (Å²) >= 11 is 0. The smallest absolute Gasteiger partial charge is 0.246 e. The Kier molecular flexibility index (Phi) is 4.85. The normalized spacial score (nSPS) is 10.4. The maximum atomic E-state index is 11.4. The van der Waals surface area contributed by atoms with Crippen LogP contribution in [0.3, 0.4) is 0 Å². The van der Waals surface area contributed by atoms with E-state index in [1.165, 1.54) is 0 Å². The van der Waals surface area contributed by atoms with E-state index in [1.54, 1.807) is 4.68 Å². The lowest BCUT2D eigenvalue weighted by atomic mass is 10.1. The van der Waals surface area contributed by atoms with Gasteiger partial charge in [-0.2, -0.15) is 5.10 Å². The molecule has 0 aromatic carbocycles. The number of aryl methyl sites for hydroxylation is 2. The average Bonchev–Trinajstić information content (AvgIpc) is 2.50. The number of hydrogen-bond donors (Lipinski definition) is 2.